The summed E-state index contributed by atoms with van der Waals surface area (Å²) >= 11 is 0. The fourth-order valence-electron chi connectivity index (χ4n) is 2.28. The molecule has 0 saturated carbocycles. The number of nitrogens with two attached hydrogens (primary N) is 1. The zero-order valence-corrected chi connectivity index (χ0v) is 13.1. The molecular formula is C18H23NO2. The van der Waals surface area contributed by atoms with Crippen molar-refractivity contribution in [3.63, 3.8) is 0 Å². The molecule has 1 atom stereocenters. The van der Waals surface area contributed by atoms with Crippen LogP contribution in [0.1, 0.15) is 31.9 Å². The molecule has 21 heavy (non-hydrogen) atoms. The van der Waals surface area contributed by atoms with E-state index in [2.05, 4.69) is 0 Å². The number of benzene rings is 2. The van der Waals surface area contributed by atoms with Gasteiger partial charge in [0.1, 0.15) is 11.5 Å². The largest absolute Gasteiger partial charge is 0.497 e. The van der Waals surface area contributed by atoms with Crippen LogP contribution < -0.4 is 15.2 Å². The molecule has 0 radical (unpaired) electrons. The van der Waals surface area contributed by atoms with Gasteiger partial charge in [-0.3, -0.25) is 0 Å². The molecule has 1 unspecified atom stereocenters. The molecule has 2 rings (SSSR count). The Morgan fingerprint density at radius 3 is 2.00 bits per heavy atom. The summed E-state index contributed by atoms with van der Waals surface area (Å²) < 4.78 is 11.0. The average molecular weight is 285 g/mol. The van der Waals surface area contributed by atoms with E-state index in [0.29, 0.717) is 0 Å². The van der Waals surface area contributed by atoms with Crippen molar-refractivity contribution in [3.05, 3.63) is 59.7 Å². The number of rotatable bonds is 5. The Bertz CT molecular complexity index is 606. The summed E-state index contributed by atoms with van der Waals surface area (Å²) in [4.78, 5) is 0. The second-order valence-electron chi connectivity index (χ2n) is 5.63. The second-order valence-corrected chi connectivity index (χ2v) is 5.63. The van der Waals surface area contributed by atoms with Crippen molar-refractivity contribution < 1.29 is 9.47 Å². The molecular weight excluding hydrogens is 262 g/mol. The van der Waals surface area contributed by atoms with Crippen molar-refractivity contribution in [1.82, 2.24) is 0 Å². The van der Waals surface area contributed by atoms with Crippen molar-refractivity contribution >= 4 is 0 Å². The predicted molar refractivity (Wildman–Crippen MR) is 85.8 cm³/mol. The lowest BCUT2D eigenvalue weighted by atomic mass is 9.85. The minimum atomic E-state index is -0.606. The van der Waals surface area contributed by atoms with E-state index in [0.717, 1.165) is 22.6 Å². The van der Waals surface area contributed by atoms with Crippen LogP contribution in [0.3, 0.4) is 0 Å². The van der Waals surface area contributed by atoms with Gasteiger partial charge in [-0.2, -0.15) is 0 Å². The smallest absolute Gasteiger partial charge is 0.120 e. The van der Waals surface area contributed by atoms with E-state index in [1.54, 1.807) is 7.11 Å². The summed E-state index contributed by atoms with van der Waals surface area (Å²) in [7, 11) is 1.66. The average Bonchev–Trinajstić information content (AvgIpc) is 2.47. The summed E-state index contributed by atoms with van der Waals surface area (Å²) in [5.74, 6) is 1.64. The first-order chi connectivity index (χ1) is 9.93. The molecule has 0 aromatic heterocycles. The van der Waals surface area contributed by atoms with Crippen LogP contribution in [0, 0.1) is 0 Å². The highest BCUT2D eigenvalue weighted by molar-refractivity contribution is 5.43. The van der Waals surface area contributed by atoms with Gasteiger partial charge in [-0.1, -0.05) is 24.3 Å². The number of methoxy groups -OCH3 is 1. The fraction of sp³-hybridized carbons (Fsp3) is 0.333. The summed E-state index contributed by atoms with van der Waals surface area (Å²) in [6, 6.07) is 15.8. The number of hydrogen-bond acceptors (Lipinski definition) is 3. The molecule has 0 amide bonds. The molecule has 0 fully saturated rings. The Hall–Kier alpha value is -2.00. The maximum Gasteiger partial charge on any atom is 0.120 e. The van der Waals surface area contributed by atoms with Crippen molar-refractivity contribution in [2.75, 3.05) is 7.11 Å². The van der Waals surface area contributed by atoms with Crippen LogP contribution >= 0.6 is 0 Å². The van der Waals surface area contributed by atoms with Crippen LogP contribution in [0.25, 0.3) is 0 Å². The lowest BCUT2D eigenvalue weighted by Gasteiger charge is -2.27. The molecule has 0 bridgehead atoms. The zero-order chi connectivity index (χ0) is 15.5. The standard InChI is InChI=1S/C18H23NO2/c1-13(2)21-17-10-6-8-15(12-17)18(3,19)14-7-5-9-16(11-14)20-4/h5-13H,19H2,1-4H3. The normalized spacial score (nSPS) is 13.8. The van der Waals surface area contributed by atoms with E-state index in [1.807, 2.05) is 69.3 Å². The van der Waals surface area contributed by atoms with Crippen molar-refractivity contribution in [2.24, 2.45) is 5.73 Å². The molecule has 112 valence electrons. The van der Waals surface area contributed by atoms with Gasteiger partial charge in [0.15, 0.2) is 0 Å². The van der Waals surface area contributed by atoms with Crippen molar-refractivity contribution in [2.45, 2.75) is 32.4 Å². The highest BCUT2D eigenvalue weighted by Crippen LogP contribution is 2.31. The van der Waals surface area contributed by atoms with Crippen LogP contribution in [-0.2, 0) is 5.54 Å². The maximum absolute atomic E-state index is 6.57. The van der Waals surface area contributed by atoms with Gasteiger partial charge in [0.25, 0.3) is 0 Å². The Kier molecular flexibility index (Phi) is 4.53. The molecule has 2 aromatic rings. The first kappa shape index (κ1) is 15.4. The van der Waals surface area contributed by atoms with Gasteiger partial charge in [0, 0.05) is 0 Å². The molecule has 0 saturated heterocycles. The molecule has 3 nitrogen and oxygen atoms in total. The molecule has 2 aromatic carbocycles. The minimum Gasteiger partial charge on any atom is -0.497 e. The van der Waals surface area contributed by atoms with Gasteiger partial charge in [-0.05, 0) is 56.2 Å². The lowest BCUT2D eigenvalue weighted by molar-refractivity contribution is 0.242. The molecule has 0 aliphatic rings. The highest BCUT2D eigenvalue weighted by atomic mass is 16.5. The van der Waals surface area contributed by atoms with Crippen LogP contribution in [0.15, 0.2) is 48.5 Å². The van der Waals surface area contributed by atoms with Crippen LogP contribution in [0.4, 0.5) is 0 Å². The van der Waals surface area contributed by atoms with Crippen molar-refractivity contribution in [1.29, 1.82) is 0 Å². The first-order valence-corrected chi connectivity index (χ1v) is 7.14. The third-order valence-corrected chi connectivity index (χ3v) is 3.47. The molecule has 0 heterocycles. The van der Waals surface area contributed by atoms with Gasteiger partial charge in [0.2, 0.25) is 0 Å². The Morgan fingerprint density at radius 2 is 1.48 bits per heavy atom. The summed E-state index contributed by atoms with van der Waals surface area (Å²) in [5, 5.41) is 0. The van der Waals surface area contributed by atoms with Gasteiger partial charge in [0.05, 0.1) is 18.8 Å². The third-order valence-electron chi connectivity index (χ3n) is 3.47. The SMILES string of the molecule is COc1cccc(C(C)(N)c2cccc(OC(C)C)c2)c1. The van der Waals surface area contributed by atoms with Crippen LogP contribution in [0.5, 0.6) is 11.5 Å². The molecule has 0 aliphatic heterocycles. The van der Waals surface area contributed by atoms with Crippen LogP contribution in [-0.4, -0.2) is 13.2 Å². The zero-order valence-electron chi connectivity index (χ0n) is 13.1. The second kappa shape index (κ2) is 6.19. The highest BCUT2D eigenvalue weighted by Gasteiger charge is 2.24. The van der Waals surface area contributed by atoms with E-state index in [1.165, 1.54) is 0 Å². The summed E-state index contributed by atoms with van der Waals surface area (Å²) in [5.41, 5.74) is 7.98. The topological polar surface area (TPSA) is 44.5 Å². The summed E-state index contributed by atoms with van der Waals surface area (Å²) in [6.45, 7) is 6.02. The van der Waals surface area contributed by atoms with E-state index < -0.39 is 5.54 Å². The van der Waals surface area contributed by atoms with Crippen molar-refractivity contribution in [3.8, 4) is 11.5 Å². The predicted octanol–water partition coefficient (Wildman–Crippen LogP) is 3.70. The van der Waals surface area contributed by atoms with Gasteiger partial charge < -0.3 is 15.2 Å². The Labute approximate surface area is 126 Å². The van der Waals surface area contributed by atoms with E-state index in [4.69, 9.17) is 15.2 Å². The monoisotopic (exact) mass is 285 g/mol. The van der Waals surface area contributed by atoms with Gasteiger partial charge >= 0.3 is 0 Å². The van der Waals surface area contributed by atoms with Crippen LogP contribution in [0.2, 0.25) is 0 Å². The first-order valence-electron chi connectivity index (χ1n) is 7.14. The van der Waals surface area contributed by atoms with E-state index in [9.17, 15) is 0 Å². The number of ether oxygens (including phenoxy) is 2. The summed E-state index contributed by atoms with van der Waals surface area (Å²) in [6.07, 6.45) is 0.140. The van der Waals surface area contributed by atoms with Gasteiger partial charge in [-0.25, -0.2) is 0 Å². The molecule has 0 aliphatic carbocycles. The third kappa shape index (κ3) is 3.56. The quantitative estimate of drug-likeness (QED) is 0.911. The Morgan fingerprint density at radius 1 is 0.952 bits per heavy atom. The lowest BCUT2D eigenvalue weighted by Crippen LogP contribution is -2.34. The molecule has 3 heteroatoms. The molecule has 0 spiro atoms. The Balaban J connectivity index is 2.38. The minimum absolute atomic E-state index is 0.140. The fourth-order valence-corrected chi connectivity index (χ4v) is 2.28. The maximum atomic E-state index is 6.57. The number of hydrogen-bond donors (Lipinski definition) is 1. The van der Waals surface area contributed by atoms with Gasteiger partial charge in [-0.15, -0.1) is 0 Å². The molecule has 2 N–H and O–H groups in total. The van der Waals surface area contributed by atoms with E-state index >= 15 is 0 Å². The van der Waals surface area contributed by atoms with E-state index in [-0.39, 0.29) is 6.10 Å².